The minimum absolute atomic E-state index is 0.0671. The van der Waals surface area contributed by atoms with Crippen molar-refractivity contribution in [3.8, 4) is 5.75 Å². The summed E-state index contributed by atoms with van der Waals surface area (Å²) in [5.41, 5.74) is 2.41. The summed E-state index contributed by atoms with van der Waals surface area (Å²) in [7, 11) is 0. The Hall–Kier alpha value is -3.51. The fourth-order valence-corrected chi connectivity index (χ4v) is 2.29. The third-order valence-electron chi connectivity index (χ3n) is 3.59. The molecule has 0 saturated carbocycles. The van der Waals surface area contributed by atoms with Crippen molar-refractivity contribution >= 4 is 40.8 Å². The van der Waals surface area contributed by atoms with Crippen LogP contribution in [0.3, 0.4) is 0 Å². The second kappa shape index (κ2) is 8.25. The van der Waals surface area contributed by atoms with Gasteiger partial charge in [-0.05, 0) is 66.7 Å². The number of aromatic hydroxyl groups is 1. The van der Waals surface area contributed by atoms with Crippen molar-refractivity contribution in [2.75, 3.05) is 0 Å². The van der Waals surface area contributed by atoms with Gasteiger partial charge < -0.3 is 10.2 Å². The Labute approximate surface area is 160 Å². The quantitative estimate of drug-likeness (QED) is 0.426. The van der Waals surface area contributed by atoms with Gasteiger partial charge in [-0.25, -0.2) is 4.79 Å². The average Bonchev–Trinajstić information content (AvgIpc) is 2.68. The number of carboxylic acids is 1. The number of aliphatic imine (C=N–C) groups is 1. The first kappa shape index (κ1) is 18.3. The van der Waals surface area contributed by atoms with Crippen LogP contribution in [0.25, 0.3) is 0 Å². The summed E-state index contributed by atoms with van der Waals surface area (Å²) in [5.74, 6) is -0.931. The highest BCUT2D eigenvalue weighted by atomic mass is 35.5. The zero-order chi connectivity index (χ0) is 19.2. The lowest BCUT2D eigenvalue weighted by atomic mass is 10.2. The van der Waals surface area contributed by atoms with E-state index in [9.17, 15) is 9.90 Å². The van der Waals surface area contributed by atoms with Crippen molar-refractivity contribution in [3.63, 3.8) is 0 Å². The molecule has 0 aliphatic carbocycles. The zero-order valence-electron chi connectivity index (χ0n) is 14.0. The molecule has 134 valence electrons. The first-order valence-electron chi connectivity index (χ1n) is 7.89. The number of nitrogens with zero attached hydrogens (tertiary/aromatic N) is 3. The summed E-state index contributed by atoms with van der Waals surface area (Å²) in [4.78, 5) is 15.1. The van der Waals surface area contributed by atoms with E-state index in [2.05, 4.69) is 15.2 Å². The van der Waals surface area contributed by atoms with Gasteiger partial charge in [-0.15, -0.1) is 0 Å². The molecule has 7 heteroatoms. The van der Waals surface area contributed by atoms with Gasteiger partial charge in [-0.1, -0.05) is 11.6 Å². The van der Waals surface area contributed by atoms with E-state index in [0.29, 0.717) is 27.6 Å². The number of rotatable bonds is 5. The minimum atomic E-state index is -0.998. The molecule has 0 unspecified atom stereocenters. The number of hydrogen-bond acceptors (Lipinski definition) is 5. The van der Waals surface area contributed by atoms with Crippen LogP contribution in [0.4, 0.5) is 17.1 Å². The monoisotopic (exact) mass is 379 g/mol. The molecule has 0 bridgehead atoms. The Morgan fingerprint density at radius 3 is 2.11 bits per heavy atom. The Morgan fingerprint density at radius 2 is 1.44 bits per heavy atom. The molecule has 0 saturated heterocycles. The van der Waals surface area contributed by atoms with Crippen molar-refractivity contribution in [3.05, 3.63) is 82.9 Å². The van der Waals surface area contributed by atoms with Gasteiger partial charge in [0, 0.05) is 16.8 Å². The van der Waals surface area contributed by atoms with Gasteiger partial charge in [0.25, 0.3) is 0 Å². The van der Waals surface area contributed by atoms with E-state index in [-0.39, 0.29) is 11.3 Å². The Balaban J connectivity index is 1.78. The molecule has 3 rings (SSSR count). The molecule has 0 amide bonds. The molecule has 3 aromatic carbocycles. The number of benzene rings is 3. The predicted molar refractivity (Wildman–Crippen MR) is 104 cm³/mol. The molecule has 0 aliphatic heterocycles. The molecule has 0 atom stereocenters. The standard InChI is InChI=1S/C20H14ClN3O3/c21-15-3-7-16(8-4-15)22-12-14-11-18(9-10-19(14)25)24-23-17-5-1-13(2-6-17)20(26)27/h1-12,25H,(H,26,27). The first-order valence-corrected chi connectivity index (χ1v) is 8.27. The number of carbonyl (C=O) groups is 1. The summed E-state index contributed by atoms with van der Waals surface area (Å²) in [5, 5.41) is 27.7. The van der Waals surface area contributed by atoms with Crippen molar-refractivity contribution < 1.29 is 15.0 Å². The van der Waals surface area contributed by atoms with Gasteiger partial charge in [0.15, 0.2) is 0 Å². The molecule has 0 spiro atoms. The van der Waals surface area contributed by atoms with E-state index in [1.54, 1.807) is 48.5 Å². The van der Waals surface area contributed by atoms with Crippen LogP contribution in [-0.2, 0) is 0 Å². The van der Waals surface area contributed by atoms with E-state index in [0.717, 1.165) is 0 Å². The molecule has 0 aliphatic rings. The van der Waals surface area contributed by atoms with Crippen molar-refractivity contribution in [2.45, 2.75) is 0 Å². The number of halogens is 1. The molecule has 0 aromatic heterocycles. The number of carboxylic acid groups (broad SMARTS) is 1. The topological polar surface area (TPSA) is 94.6 Å². The van der Waals surface area contributed by atoms with Crippen molar-refractivity contribution in [1.29, 1.82) is 0 Å². The van der Waals surface area contributed by atoms with Crippen LogP contribution in [0.5, 0.6) is 5.75 Å². The second-order valence-electron chi connectivity index (χ2n) is 5.53. The van der Waals surface area contributed by atoms with Crippen LogP contribution in [0.1, 0.15) is 15.9 Å². The van der Waals surface area contributed by atoms with E-state index in [4.69, 9.17) is 16.7 Å². The van der Waals surface area contributed by atoms with Gasteiger partial charge in [0.2, 0.25) is 0 Å². The largest absolute Gasteiger partial charge is 0.507 e. The van der Waals surface area contributed by atoms with Gasteiger partial charge in [-0.3, -0.25) is 4.99 Å². The number of aromatic carboxylic acids is 1. The van der Waals surface area contributed by atoms with Crippen molar-refractivity contribution in [2.24, 2.45) is 15.2 Å². The third kappa shape index (κ3) is 4.99. The summed E-state index contributed by atoms with van der Waals surface area (Å²) in [6, 6.07) is 17.8. The maximum atomic E-state index is 10.8. The van der Waals surface area contributed by atoms with E-state index < -0.39 is 5.97 Å². The Kier molecular flexibility index (Phi) is 5.58. The third-order valence-corrected chi connectivity index (χ3v) is 3.84. The second-order valence-corrected chi connectivity index (χ2v) is 5.97. The van der Waals surface area contributed by atoms with Crippen LogP contribution < -0.4 is 0 Å². The molecule has 2 N–H and O–H groups in total. The molecule has 0 radical (unpaired) electrons. The lowest BCUT2D eigenvalue weighted by Crippen LogP contribution is -1.93. The molecule has 27 heavy (non-hydrogen) atoms. The van der Waals surface area contributed by atoms with Gasteiger partial charge in [0.05, 0.1) is 22.6 Å². The van der Waals surface area contributed by atoms with Gasteiger partial charge in [0.1, 0.15) is 5.75 Å². The van der Waals surface area contributed by atoms with E-state index in [1.165, 1.54) is 24.4 Å². The van der Waals surface area contributed by atoms with Crippen LogP contribution in [0.15, 0.2) is 82.0 Å². The Bertz CT molecular complexity index is 1010. The highest BCUT2D eigenvalue weighted by Crippen LogP contribution is 2.25. The summed E-state index contributed by atoms with van der Waals surface area (Å²) >= 11 is 5.84. The maximum Gasteiger partial charge on any atom is 0.335 e. The van der Waals surface area contributed by atoms with Gasteiger partial charge >= 0.3 is 5.97 Å². The fraction of sp³-hybridized carbons (Fsp3) is 0. The minimum Gasteiger partial charge on any atom is -0.507 e. The number of azo groups is 1. The number of hydrogen-bond donors (Lipinski definition) is 2. The molecule has 0 fully saturated rings. The molecular formula is C20H14ClN3O3. The molecule has 6 nitrogen and oxygen atoms in total. The fourth-order valence-electron chi connectivity index (χ4n) is 2.16. The summed E-state index contributed by atoms with van der Waals surface area (Å²) < 4.78 is 0. The molecule has 0 heterocycles. The molecule has 3 aromatic rings. The van der Waals surface area contributed by atoms with Crippen molar-refractivity contribution in [1.82, 2.24) is 0 Å². The highest BCUT2D eigenvalue weighted by Gasteiger charge is 2.02. The summed E-state index contributed by atoms with van der Waals surface area (Å²) in [6.45, 7) is 0. The van der Waals surface area contributed by atoms with Crippen LogP contribution in [0, 0.1) is 0 Å². The van der Waals surface area contributed by atoms with Crippen LogP contribution in [0.2, 0.25) is 5.02 Å². The first-order chi connectivity index (χ1) is 13.0. The number of phenolic OH excluding ortho intramolecular Hbond substituents is 1. The summed E-state index contributed by atoms with van der Waals surface area (Å²) in [6.07, 6.45) is 1.53. The SMILES string of the molecule is O=C(O)c1ccc(N=Nc2ccc(O)c(C=Nc3ccc(Cl)cc3)c2)cc1. The van der Waals surface area contributed by atoms with Crippen LogP contribution >= 0.6 is 11.6 Å². The lowest BCUT2D eigenvalue weighted by molar-refractivity contribution is 0.0697. The smallest absolute Gasteiger partial charge is 0.335 e. The predicted octanol–water partition coefficient (Wildman–Crippen LogP) is 5.91. The average molecular weight is 380 g/mol. The Morgan fingerprint density at radius 1 is 0.852 bits per heavy atom. The maximum absolute atomic E-state index is 10.8. The van der Waals surface area contributed by atoms with E-state index in [1.807, 2.05) is 0 Å². The van der Waals surface area contributed by atoms with Crippen LogP contribution in [-0.4, -0.2) is 22.4 Å². The molecular weight excluding hydrogens is 366 g/mol. The normalized spacial score (nSPS) is 11.3. The lowest BCUT2D eigenvalue weighted by Gasteiger charge is -2.01. The highest BCUT2D eigenvalue weighted by molar-refractivity contribution is 6.30. The van der Waals surface area contributed by atoms with E-state index >= 15 is 0 Å². The van der Waals surface area contributed by atoms with Gasteiger partial charge in [-0.2, -0.15) is 10.2 Å². The number of phenols is 1. The zero-order valence-corrected chi connectivity index (χ0v) is 14.7.